The quantitative estimate of drug-likeness (QED) is 0.326. The SMILES string of the molecule is C[Si](C)(O)CCCOCCO.C[Si](C)CCCOCCO.[Y]. The van der Waals surface area contributed by atoms with E-state index in [0.29, 0.717) is 19.8 Å². The first kappa shape index (κ1) is 28.2. The molecule has 0 aliphatic rings. The van der Waals surface area contributed by atoms with Gasteiger partial charge < -0.3 is 24.5 Å². The molecule has 0 saturated carbocycles. The zero-order chi connectivity index (χ0) is 16.6. The van der Waals surface area contributed by atoms with Gasteiger partial charge in [0.05, 0.1) is 26.4 Å². The third-order valence-electron chi connectivity index (χ3n) is 2.51. The van der Waals surface area contributed by atoms with E-state index in [-0.39, 0.29) is 54.7 Å². The van der Waals surface area contributed by atoms with Gasteiger partial charge in [-0.2, -0.15) is 0 Å². The monoisotopic (exact) mass is 428 g/mol. The Morgan fingerprint density at radius 1 is 0.864 bits per heavy atom. The van der Waals surface area contributed by atoms with Crippen LogP contribution in [0.3, 0.4) is 0 Å². The van der Waals surface area contributed by atoms with E-state index in [1.165, 1.54) is 6.04 Å². The van der Waals surface area contributed by atoms with Crippen molar-refractivity contribution in [2.24, 2.45) is 0 Å². The fourth-order valence-electron chi connectivity index (χ4n) is 1.47. The molecule has 0 aliphatic carbocycles. The molecule has 8 heteroatoms. The summed E-state index contributed by atoms with van der Waals surface area (Å²) in [6, 6.07) is 2.19. The van der Waals surface area contributed by atoms with Crippen molar-refractivity contribution in [1.29, 1.82) is 0 Å². The van der Waals surface area contributed by atoms with Gasteiger partial charge >= 0.3 is 0 Å². The average Bonchev–Trinajstić information content (AvgIpc) is 2.37. The molecule has 0 bridgehead atoms. The molecule has 0 fully saturated rings. The Labute approximate surface area is 164 Å². The maximum absolute atomic E-state index is 9.41. The summed E-state index contributed by atoms with van der Waals surface area (Å²) in [5, 5.41) is 16.7. The van der Waals surface area contributed by atoms with E-state index in [1.54, 1.807) is 0 Å². The van der Waals surface area contributed by atoms with Gasteiger partial charge in [0, 0.05) is 54.7 Å². The van der Waals surface area contributed by atoms with Gasteiger partial charge in [-0.05, 0) is 32.0 Å². The zero-order valence-corrected chi connectivity index (χ0v) is 19.6. The zero-order valence-electron chi connectivity index (χ0n) is 14.8. The molecule has 0 aliphatic heterocycles. The molecule has 0 aromatic rings. The Morgan fingerprint density at radius 2 is 1.32 bits per heavy atom. The molecular formula is C14H35O5Si2Y. The molecule has 0 aromatic heterocycles. The minimum Gasteiger partial charge on any atom is -0.432 e. The smallest absolute Gasteiger partial charge is 0.182 e. The van der Waals surface area contributed by atoms with Crippen LogP contribution in [0, 0.1) is 0 Å². The van der Waals surface area contributed by atoms with Gasteiger partial charge in [-0.1, -0.05) is 19.1 Å². The number of hydrogen-bond acceptors (Lipinski definition) is 5. The van der Waals surface area contributed by atoms with Gasteiger partial charge in [0.15, 0.2) is 8.32 Å². The minimum absolute atomic E-state index is 0. The normalized spacial score (nSPS) is 10.9. The van der Waals surface area contributed by atoms with Crippen LogP contribution in [0.5, 0.6) is 0 Å². The number of hydrogen-bond donors (Lipinski definition) is 3. The first-order valence-electron chi connectivity index (χ1n) is 7.72. The van der Waals surface area contributed by atoms with Crippen molar-refractivity contribution in [3.05, 3.63) is 0 Å². The van der Waals surface area contributed by atoms with Crippen molar-refractivity contribution in [2.45, 2.75) is 51.1 Å². The molecule has 0 heterocycles. The molecule has 132 valence electrons. The molecule has 0 spiro atoms. The standard InChI is InChI=1S/C7H18O3Si.C7H17O2Si.Y/c1-11(2,9)7-3-5-10-6-4-8;1-10(2)7-3-5-9-6-4-8;/h8-9H,3-7H2,1-2H3;8H,3-7H2,1-2H3;. The molecule has 0 rings (SSSR count). The molecule has 2 radical (unpaired) electrons. The van der Waals surface area contributed by atoms with Gasteiger partial charge in [-0.3, -0.25) is 0 Å². The molecular weight excluding hydrogens is 393 g/mol. The second-order valence-electron chi connectivity index (χ2n) is 5.90. The van der Waals surface area contributed by atoms with Crippen LogP contribution >= 0.6 is 0 Å². The Kier molecular flexibility index (Phi) is 26.1. The van der Waals surface area contributed by atoms with Crippen LogP contribution in [0.4, 0.5) is 0 Å². The molecule has 0 aromatic carbocycles. The Hall–Kier alpha value is 1.34. The van der Waals surface area contributed by atoms with Crippen molar-refractivity contribution in [3.63, 3.8) is 0 Å². The van der Waals surface area contributed by atoms with Crippen LogP contribution < -0.4 is 0 Å². The predicted octanol–water partition coefficient (Wildman–Crippen LogP) is 1.72. The molecule has 3 N–H and O–H groups in total. The summed E-state index contributed by atoms with van der Waals surface area (Å²) in [6.07, 6.45) is 2.05. The van der Waals surface area contributed by atoms with Crippen LogP contribution in [0.15, 0.2) is 0 Å². The summed E-state index contributed by atoms with van der Waals surface area (Å²) < 4.78 is 10.1. The van der Waals surface area contributed by atoms with E-state index in [2.05, 4.69) is 13.1 Å². The number of aliphatic hydroxyl groups is 2. The molecule has 0 amide bonds. The molecule has 0 unspecified atom stereocenters. The molecule has 0 atom stereocenters. The van der Waals surface area contributed by atoms with Crippen molar-refractivity contribution in [1.82, 2.24) is 0 Å². The summed E-state index contributed by atoms with van der Waals surface area (Å²) in [7, 11) is -1.92. The van der Waals surface area contributed by atoms with Crippen LogP contribution in [0.25, 0.3) is 0 Å². The molecule has 5 nitrogen and oxygen atoms in total. The van der Waals surface area contributed by atoms with Crippen LogP contribution in [0.1, 0.15) is 12.8 Å². The number of ether oxygens (including phenoxy) is 2. The van der Waals surface area contributed by atoms with Crippen LogP contribution in [-0.4, -0.2) is 71.8 Å². The van der Waals surface area contributed by atoms with Crippen molar-refractivity contribution >= 4 is 17.1 Å². The largest absolute Gasteiger partial charge is 0.432 e. The maximum atomic E-state index is 9.41. The summed E-state index contributed by atoms with van der Waals surface area (Å²) in [6.45, 7) is 11.0. The van der Waals surface area contributed by atoms with Gasteiger partial charge in [0.25, 0.3) is 0 Å². The summed E-state index contributed by atoms with van der Waals surface area (Å²) >= 11 is 0. The predicted molar refractivity (Wildman–Crippen MR) is 91.8 cm³/mol. The Balaban J connectivity index is -0.000000315. The van der Waals surface area contributed by atoms with Gasteiger partial charge in [-0.25, -0.2) is 0 Å². The van der Waals surface area contributed by atoms with E-state index >= 15 is 0 Å². The van der Waals surface area contributed by atoms with Crippen LogP contribution in [-0.2, 0) is 42.2 Å². The topological polar surface area (TPSA) is 79.2 Å². The van der Waals surface area contributed by atoms with Crippen molar-refractivity contribution < 1.29 is 57.2 Å². The van der Waals surface area contributed by atoms with E-state index < -0.39 is 8.32 Å². The van der Waals surface area contributed by atoms with Gasteiger partial charge in [0.2, 0.25) is 0 Å². The summed E-state index contributed by atoms with van der Waals surface area (Å²) in [5.74, 6) is 0. The second-order valence-corrected chi connectivity index (χ2v) is 12.9. The second kappa shape index (κ2) is 20.4. The summed E-state index contributed by atoms with van der Waals surface area (Å²) in [5.41, 5.74) is 0. The van der Waals surface area contributed by atoms with Gasteiger partial charge in [-0.15, -0.1) is 0 Å². The van der Waals surface area contributed by atoms with E-state index in [0.717, 1.165) is 25.5 Å². The average molecular weight is 429 g/mol. The van der Waals surface area contributed by atoms with Crippen molar-refractivity contribution in [3.8, 4) is 0 Å². The minimum atomic E-state index is -1.86. The fraction of sp³-hybridized carbons (Fsp3) is 1.00. The van der Waals surface area contributed by atoms with Crippen molar-refractivity contribution in [2.75, 3.05) is 39.6 Å². The van der Waals surface area contributed by atoms with E-state index in [9.17, 15) is 4.80 Å². The number of rotatable bonds is 12. The third kappa shape index (κ3) is 33.1. The van der Waals surface area contributed by atoms with Crippen LogP contribution in [0.2, 0.25) is 38.3 Å². The van der Waals surface area contributed by atoms with E-state index in [4.69, 9.17) is 19.7 Å². The van der Waals surface area contributed by atoms with E-state index in [1.807, 2.05) is 13.1 Å². The first-order chi connectivity index (χ1) is 9.83. The first-order valence-corrected chi connectivity index (χ1v) is 13.6. The third-order valence-corrected chi connectivity index (χ3v) is 5.44. The summed E-state index contributed by atoms with van der Waals surface area (Å²) in [4.78, 5) is 9.41. The Morgan fingerprint density at radius 3 is 1.68 bits per heavy atom. The molecule has 0 saturated heterocycles. The number of aliphatic hydroxyl groups excluding tert-OH is 2. The Bertz CT molecular complexity index is 204. The van der Waals surface area contributed by atoms with Gasteiger partial charge in [0.1, 0.15) is 0 Å². The molecule has 22 heavy (non-hydrogen) atoms. The fourth-order valence-corrected chi connectivity index (χ4v) is 3.33. The maximum Gasteiger partial charge on any atom is 0.182 e.